The number of hydrogen-bond acceptors (Lipinski definition) is 0. The molecule has 0 aliphatic heterocycles. The molecule has 0 heterocycles. The van der Waals surface area contributed by atoms with Crippen molar-refractivity contribution in [1.82, 2.24) is 0 Å². The fraction of sp³-hybridized carbons (Fsp3) is 1.00. The molecule has 0 aromatic carbocycles. The van der Waals surface area contributed by atoms with Crippen LogP contribution in [0.1, 0.15) is 104 Å². The third-order valence-corrected chi connectivity index (χ3v) is 5.16. The molecule has 2 atom stereocenters. The fourth-order valence-corrected chi connectivity index (χ4v) is 3.44. The summed E-state index contributed by atoms with van der Waals surface area (Å²) in [5.74, 6) is 1.04. The minimum absolute atomic E-state index is 0. The molecule has 0 fully saturated rings. The summed E-state index contributed by atoms with van der Waals surface area (Å²) in [7, 11) is 2.19. The Labute approximate surface area is 137 Å². The van der Waals surface area contributed by atoms with E-state index in [4.69, 9.17) is 0 Å². The SMILES string of the molecule is CCCCCCCCCC(C[PH3+])CCCCCCC.[Cl-]. The van der Waals surface area contributed by atoms with Gasteiger partial charge in [-0.05, 0) is 28.0 Å². The lowest BCUT2D eigenvalue weighted by atomic mass is 9.95. The van der Waals surface area contributed by atoms with E-state index in [1.165, 1.54) is 96.1 Å². The molecule has 0 nitrogen and oxygen atoms in total. The molecule has 124 valence electrons. The van der Waals surface area contributed by atoms with E-state index in [1.54, 1.807) is 0 Å². The van der Waals surface area contributed by atoms with Gasteiger partial charge in [-0.3, -0.25) is 0 Å². The molecule has 0 aliphatic rings. The molecule has 0 saturated carbocycles. The molecule has 0 saturated heterocycles. The Morgan fingerprint density at radius 2 is 0.950 bits per heavy atom. The van der Waals surface area contributed by atoms with Gasteiger partial charge in [0.05, 0.1) is 6.16 Å². The van der Waals surface area contributed by atoms with Gasteiger partial charge in [-0.15, -0.1) is 0 Å². The normalized spacial score (nSPS) is 12.3. The summed E-state index contributed by atoms with van der Waals surface area (Å²) in [4.78, 5) is 0. The summed E-state index contributed by atoms with van der Waals surface area (Å²) < 4.78 is 0. The van der Waals surface area contributed by atoms with Crippen molar-refractivity contribution in [3.05, 3.63) is 0 Å². The van der Waals surface area contributed by atoms with E-state index in [-0.39, 0.29) is 12.4 Å². The Hall–Kier alpha value is 0.720. The Morgan fingerprint density at radius 3 is 1.30 bits per heavy atom. The lowest BCUT2D eigenvalue weighted by Gasteiger charge is -2.12. The van der Waals surface area contributed by atoms with Crippen molar-refractivity contribution in [2.75, 3.05) is 6.16 Å². The van der Waals surface area contributed by atoms with E-state index < -0.39 is 0 Å². The van der Waals surface area contributed by atoms with Crippen LogP contribution in [0.3, 0.4) is 0 Å². The van der Waals surface area contributed by atoms with Crippen LogP contribution in [0, 0.1) is 5.92 Å². The fourth-order valence-electron chi connectivity index (χ4n) is 2.86. The summed E-state index contributed by atoms with van der Waals surface area (Å²) in [6.07, 6.45) is 21.9. The topological polar surface area (TPSA) is 0 Å². The van der Waals surface area contributed by atoms with Crippen LogP contribution < -0.4 is 12.4 Å². The van der Waals surface area contributed by atoms with Gasteiger partial charge in [-0.2, -0.15) is 0 Å². The Kier molecular flexibility index (Phi) is 22.7. The highest BCUT2D eigenvalue weighted by molar-refractivity contribution is 7.16. The van der Waals surface area contributed by atoms with Gasteiger partial charge in [-0.25, -0.2) is 0 Å². The second-order valence-corrected chi connectivity index (χ2v) is 6.84. The third kappa shape index (κ3) is 16.8. The van der Waals surface area contributed by atoms with Crippen molar-refractivity contribution in [2.24, 2.45) is 5.92 Å². The molecule has 2 heteroatoms. The first kappa shape index (κ1) is 23.0. The highest BCUT2D eigenvalue weighted by Crippen LogP contribution is 2.20. The predicted molar refractivity (Wildman–Crippen MR) is 95.4 cm³/mol. The number of hydrogen-bond donors (Lipinski definition) is 0. The van der Waals surface area contributed by atoms with Crippen LogP contribution in [0.4, 0.5) is 0 Å². The maximum Gasteiger partial charge on any atom is 0.0554 e. The van der Waals surface area contributed by atoms with Gasteiger partial charge in [0.25, 0.3) is 0 Å². The summed E-state index contributed by atoms with van der Waals surface area (Å²) >= 11 is 0. The first-order chi connectivity index (χ1) is 9.35. The lowest BCUT2D eigenvalue weighted by molar-refractivity contribution is -0.00000426. The van der Waals surface area contributed by atoms with Crippen molar-refractivity contribution in [3.63, 3.8) is 0 Å². The minimum atomic E-state index is 0. The van der Waals surface area contributed by atoms with Gasteiger partial charge in [-0.1, -0.05) is 90.9 Å². The molecule has 0 radical (unpaired) electrons. The van der Waals surface area contributed by atoms with Crippen molar-refractivity contribution >= 4 is 9.24 Å². The quantitative estimate of drug-likeness (QED) is 0.318. The van der Waals surface area contributed by atoms with Crippen molar-refractivity contribution in [1.29, 1.82) is 0 Å². The standard InChI is InChI=1S/C18H39P.ClH/c1-3-5-7-9-10-12-14-16-18(17-19)15-13-11-8-6-4-2;/h18H,3-17,19H2,1-2H3;1H. The van der Waals surface area contributed by atoms with E-state index in [2.05, 4.69) is 23.1 Å². The van der Waals surface area contributed by atoms with Gasteiger partial charge in [0.1, 0.15) is 0 Å². The monoisotopic (exact) mass is 322 g/mol. The average Bonchev–Trinajstić information content (AvgIpc) is 2.44. The van der Waals surface area contributed by atoms with Gasteiger partial charge in [0.2, 0.25) is 0 Å². The zero-order valence-electron chi connectivity index (χ0n) is 14.3. The van der Waals surface area contributed by atoms with Crippen LogP contribution in [0.2, 0.25) is 0 Å². The molecule has 0 aromatic heterocycles. The van der Waals surface area contributed by atoms with Crippen LogP contribution in [0.5, 0.6) is 0 Å². The zero-order valence-corrected chi connectivity index (χ0v) is 16.4. The number of rotatable bonds is 15. The van der Waals surface area contributed by atoms with E-state index in [1.807, 2.05) is 0 Å². The molecule has 20 heavy (non-hydrogen) atoms. The molecular formula is C18H40ClP. The van der Waals surface area contributed by atoms with E-state index in [9.17, 15) is 0 Å². The largest absolute Gasteiger partial charge is 1.00 e. The maximum atomic E-state index is 2.30. The predicted octanol–water partition coefficient (Wildman–Crippen LogP) is 3.72. The second kappa shape index (κ2) is 19.7. The summed E-state index contributed by atoms with van der Waals surface area (Å²) in [5.41, 5.74) is 0. The first-order valence-corrected chi connectivity index (χ1v) is 10.1. The van der Waals surface area contributed by atoms with E-state index in [0.29, 0.717) is 0 Å². The number of unbranched alkanes of at least 4 members (excludes halogenated alkanes) is 10. The Balaban J connectivity index is 0. The zero-order chi connectivity index (χ0) is 14.2. The van der Waals surface area contributed by atoms with E-state index >= 15 is 0 Å². The van der Waals surface area contributed by atoms with Gasteiger partial charge < -0.3 is 12.4 Å². The van der Waals surface area contributed by atoms with Crippen molar-refractivity contribution in [3.8, 4) is 0 Å². The van der Waals surface area contributed by atoms with Crippen molar-refractivity contribution < 1.29 is 12.4 Å². The second-order valence-electron chi connectivity index (χ2n) is 6.27. The van der Waals surface area contributed by atoms with Crippen molar-refractivity contribution in [2.45, 2.75) is 104 Å². The average molecular weight is 323 g/mol. The molecular weight excluding hydrogens is 283 g/mol. The molecule has 0 aromatic rings. The summed E-state index contributed by atoms with van der Waals surface area (Å²) in [6.45, 7) is 4.60. The summed E-state index contributed by atoms with van der Waals surface area (Å²) in [5, 5.41) is 0. The first-order valence-electron chi connectivity index (χ1n) is 9.14. The Bertz CT molecular complexity index is 161. The number of halogens is 1. The highest BCUT2D eigenvalue weighted by atomic mass is 35.5. The van der Waals surface area contributed by atoms with Crippen LogP contribution in [-0.4, -0.2) is 6.16 Å². The lowest BCUT2D eigenvalue weighted by Crippen LogP contribution is -3.00. The van der Waals surface area contributed by atoms with Crippen LogP contribution >= 0.6 is 9.24 Å². The van der Waals surface area contributed by atoms with Gasteiger partial charge >= 0.3 is 0 Å². The highest BCUT2D eigenvalue weighted by Gasteiger charge is 2.07. The molecule has 0 aliphatic carbocycles. The third-order valence-electron chi connectivity index (χ3n) is 4.34. The molecule has 0 bridgehead atoms. The molecule has 0 amide bonds. The van der Waals surface area contributed by atoms with Crippen LogP contribution in [0.25, 0.3) is 0 Å². The van der Waals surface area contributed by atoms with Crippen LogP contribution in [-0.2, 0) is 0 Å². The van der Waals surface area contributed by atoms with Gasteiger partial charge in [0.15, 0.2) is 0 Å². The van der Waals surface area contributed by atoms with Gasteiger partial charge in [0, 0.05) is 0 Å². The molecule has 0 spiro atoms. The smallest absolute Gasteiger partial charge is 0.0554 e. The Morgan fingerprint density at radius 1 is 0.600 bits per heavy atom. The molecule has 0 N–H and O–H groups in total. The van der Waals surface area contributed by atoms with E-state index in [0.717, 1.165) is 5.92 Å². The summed E-state index contributed by atoms with van der Waals surface area (Å²) in [6, 6.07) is 0. The molecule has 0 rings (SSSR count). The minimum Gasteiger partial charge on any atom is -1.00 e. The van der Waals surface area contributed by atoms with Crippen LogP contribution in [0.15, 0.2) is 0 Å². The molecule has 2 unspecified atom stereocenters. The maximum absolute atomic E-state index is 2.30.